The normalized spacial score (nSPS) is 18.5. The second kappa shape index (κ2) is 14.3. The molecule has 15 heteroatoms. The number of hydrazone groups is 1. The lowest BCUT2D eigenvalue weighted by atomic mass is 10.2. The van der Waals surface area contributed by atoms with Crippen LogP contribution < -0.4 is 10.2 Å². The number of hydrogen-bond donors (Lipinski definition) is 1. The fraction of sp³-hybridized carbons (Fsp3) is 0.300. The molecule has 2 aliphatic rings. The average Bonchev–Trinajstić information content (AvgIpc) is 3.08. The molecule has 2 aliphatic heterocycles. The first-order valence-corrected chi connectivity index (χ1v) is 17.1. The van der Waals surface area contributed by atoms with Gasteiger partial charge in [0.2, 0.25) is 20.0 Å². The average molecular weight is 656 g/mol. The zero-order valence-electron chi connectivity index (χ0n) is 24.3. The van der Waals surface area contributed by atoms with E-state index < -0.39 is 38.5 Å². The first kappa shape index (κ1) is 32.2. The number of benzene rings is 3. The molecule has 2 amide bonds. The molecule has 5 rings (SSSR count). The van der Waals surface area contributed by atoms with Crippen LogP contribution in [-0.4, -0.2) is 107 Å². The van der Waals surface area contributed by atoms with Gasteiger partial charge in [-0.3, -0.25) is 9.59 Å². The first-order chi connectivity index (χ1) is 21.7. The van der Waals surface area contributed by atoms with Gasteiger partial charge in [-0.2, -0.15) is 13.7 Å². The van der Waals surface area contributed by atoms with Crippen molar-refractivity contribution in [3.63, 3.8) is 0 Å². The Hall–Kier alpha value is -4.15. The van der Waals surface area contributed by atoms with E-state index in [2.05, 4.69) is 10.5 Å². The van der Waals surface area contributed by atoms with Crippen molar-refractivity contribution < 1.29 is 35.9 Å². The van der Waals surface area contributed by atoms with E-state index in [1.165, 1.54) is 30.5 Å². The van der Waals surface area contributed by atoms with Gasteiger partial charge in [0.25, 0.3) is 11.8 Å². The molecule has 0 unspecified atom stereocenters. The number of sulfonamides is 2. The molecule has 1 atom stereocenters. The summed E-state index contributed by atoms with van der Waals surface area (Å²) in [5, 5.41) is 3.99. The minimum absolute atomic E-state index is 0.0142. The summed E-state index contributed by atoms with van der Waals surface area (Å²) in [6.07, 6.45) is 1.36. The van der Waals surface area contributed by atoms with Crippen LogP contribution in [0, 0.1) is 0 Å². The quantitative estimate of drug-likeness (QED) is 0.252. The van der Waals surface area contributed by atoms with Gasteiger partial charge in [-0.05, 0) is 54.1 Å². The second-order valence-electron chi connectivity index (χ2n) is 10.2. The molecule has 2 heterocycles. The minimum atomic E-state index is -4.14. The van der Waals surface area contributed by atoms with E-state index in [9.17, 15) is 26.4 Å². The minimum Gasteiger partial charge on any atom is -0.484 e. The van der Waals surface area contributed by atoms with E-state index in [1.54, 1.807) is 65.6 Å². The lowest BCUT2D eigenvalue weighted by Crippen LogP contribution is -2.60. The highest BCUT2D eigenvalue weighted by Gasteiger charge is 2.43. The highest BCUT2D eigenvalue weighted by Crippen LogP contribution is 2.25. The van der Waals surface area contributed by atoms with Gasteiger partial charge in [0.05, 0.1) is 29.2 Å². The molecule has 0 bridgehead atoms. The van der Waals surface area contributed by atoms with Crippen LogP contribution in [0.4, 0.5) is 0 Å². The van der Waals surface area contributed by atoms with Crippen molar-refractivity contribution in [2.24, 2.45) is 5.10 Å². The summed E-state index contributed by atoms with van der Waals surface area (Å²) < 4.78 is 66.7. The van der Waals surface area contributed by atoms with Gasteiger partial charge in [-0.15, -0.1) is 0 Å². The van der Waals surface area contributed by atoms with E-state index in [1.807, 2.05) is 0 Å². The SMILES string of the molecule is O=C(N/N=C\c1ccc(OCC(=O)N2CCOCC2)cc1)[C@@H]1CN(S(=O)(=O)c2ccccc2)CCN1S(=O)(=O)c1ccccc1. The predicted octanol–water partition coefficient (Wildman–Crippen LogP) is 1.14. The van der Waals surface area contributed by atoms with Crippen LogP contribution in [0.15, 0.2) is 99.8 Å². The Morgan fingerprint density at radius 1 is 0.822 bits per heavy atom. The lowest BCUT2D eigenvalue weighted by Gasteiger charge is -2.38. The number of ether oxygens (including phenoxy) is 2. The zero-order chi connectivity index (χ0) is 31.9. The van der Waals surface area contributed by atoms with Gasteiger partial charge in [0.15, 0.2) is 6.61 Å². The molecule has 45 heavy (non-hydrogen) atoms. The molecule has 238 valence electrons. The standard InChI is InChI=1S/C30H33N5O8S2/c36-29(33-17-19-42-20-18-33)23-43-25-13-11-24(12-14-25)21-31-32-30(37)28-22-34(44(38,39)26-7-3-1-4-8-26)15-16-35(28)45(40,41)27-9-5-2-6-10-27/h1-14,21,28H,15-20,22-23H2,(H,32,37)/b31-21-/t28-/m0/s1. The van der Waals surface area contributed by atoms with Crippen molar-refractivity contribution in [2.75, 3.05) is 52.5 Å². The molecular formula is C30H33N5O8S2. The maximum absolute atomic E-state index is 13.5. The Morgan fingerprint density at radius 2 is 1.42 bits per heavy atom. The van der Waals surface area contributed by atoms with Crippen LogP contribution in [0.3, 0.4) is 0 Å². The van der Waals surface area contributed by atoms with Crippen LogP contribution in [0.1, 0.15) is 5.56 Å². The molecule has 3 aromatic rings. The van der Waals surface area contributed by atoms with Crippen molar-refractivity contribution in [3.8, 4) is 5.75 Å². The summed E-state index contributed by atoms with van der Waals surface area (Å²) in [4.78, 5) is 27.4. The summed E-state index contributed by atoms with van der Waals surface area (Å²) in [5.41, 5.74) is 2.96. The topological polar surface area (TPSA) is 155 Å². The molecule has 2 fully saturated rings. The van der Waals surface area contributed by atoms with Crippen molar-refractivity contribution in [3.05, 3.63) is 90.5 Å². The summed E-state index contributed by atoms with van der Waals surface area (Å²) >= 11 is 0. The van der Waals surface area contributed by atoms with Crippen molar-refractivity contribution >= 4 is 38.1 Å². The van der Waals surface area contributed by atoms with Crippen molar-refractivity contribution in [2.45, 2.75) is 15.8 Å². The molecular weight excluding hydrogens is 622 g/mol. The van der Waals surface area contributed by atoms with E-state index in [-0.39, 0.29) is 35.4 Å². The Morgan fingerprint density at radius 3 is 2.04 bits per heavy atom. The van der Waals surface area contributed by atoms with E-state index in [0.29, 0.717) is 37.6 Å². The molecule has 13 nitrogen and oxygen atoms in total. The number of piperazine rings is 1. The number of rotatable bonds is 10. The van der Waals surface area contributed by atoms with Crippen LogP contribution in [0.25, 0.3) is 0 Å². The van der Waals surface area contributed by atoms with Crippen LogP contribution in [0.2, 0.25) is 0 Å². The molecule has 1 N–H and O–H groups in total. The maximum atomic E-state index is 13.5. The number of hydrogen-bond acceptors (Lipinski definition) is 9. The van der Waals surface area contributed by atoms with Crippen LogP contribution in [-0.2, 0) is 34.4 Å². The van der Waals surface area contributed by atoms with Crippen LogP contribution in [0.5, 0.6) is 5.75 Å². The van der Waals surface area contributed by atoms with Gasteiger partial charge >= 0.3 is 0 Å². The highest BCUT2D eigenvalue weighted by atomic mass is 32.2. The number of carbonyl (C=O) groups is 2. The van der Waals surface area contributed by atoms with Crippen molar-refractivity contribution in [1.82, 2.24) is 18.9 Å². The number of morpholine rings is 1. The summed E-state index contributed by atoms with van der Waals surface area (Å²) in [7, 11) is -8.13. The van der Waals surface area contributed by atoms with Gasteiger partial charge in [-0.1, -0.05) is 36.4 Å². The molecule has 2 saturated heterocycles. The van der Waals surface area contributed by atoms with Gasteiger partial charge in [0.1, 0.15) is 11.8 Å². The van der Waals surface area contributed by atoms with Gasteiger partial charge < -0.3 is 14.4 Å². The smallest absolute Gasteiger partial charge is 0.260 e. The number of nitrogens with one attached hydrogen (secondary N) is 1. The number of amides is 2. The van der Waals surface area contributed by atoms with Gasteiger partial charge in [0, 0.05) is 32.7 Å². The summed E-state index contributed by atoms with van der Waals surface area (Å²) in [6, 6.07) is 20.7. The lowest BCUT2D eigenvalue weighted by molar-refractivity contribution is -0.137. The number of nitrogens with zero attached hydrogens (tertiary/aromatic N) is 4. The van der Waals surface area contributed by atoms with E-state index in [4.69, 9.17) is 9.47 Å². The molecule has 0 aliphatic carbocycles. The fourth-order valence-corrected chi connectivity index (χ4v) is 7.92. The molecule has 0 saturated carbocycles. The highest BCUT2D eigenvalue weighted by molar-refractivity contribution is 7.89. The fourth-order valence-electron chi connectivity index (χ4n) is 4.87. The van der Waals surface area contributed by atoms with Gasteiger partial charge in [-0.25, -0.2) is 22.3 Å². The third kappa shape index (κ3) is 7.75. The predicted molar refractivity (Wildman–Crippen MR) is 164 cm³/mol. The Kier molecular flexibility index (Phi) is 10.2. The zero-order valence-corrected chi connectivity index (χ0v) is 25.9. The maximum Gasteiger partial charge on any atom is 0.260 e. The Balaban J connectivity index is 1.27. The molecule has 3 aromatic carbocycles. The Labute approximate surface area is 262 Å². The third-order valence-electron chi connectivity index (χ3n) is 7.32. The van der Waals surface area contributed by atoms with Crippen LogP contribution >= 0.6 is 0 Å². The summed E-state index contributed by atoms with van der Waals surface area (Å²) in [5.74, 6) is -0.449. The molecule has 0 aromatic heterocycles. The largest absolute Gasteiger partial charge is 0.484 e. The molecule has 0 radical (unpaired) electrons. The van der Waals surface area contributed by atoms with E-state index >= 15 is 0 Å². The van der Waals surface area contributed by atoms with Crippen molar-refractivity contribution in [1.29, 1.82) is 0 Å². The first-order valence-electron chi connectivity index (χ1n) is 14.2. The number of carbonyl (C=O) groups excluding carboxylic acids is 2. The monoisotopic (exact) mass is 655 g/mol. The van der Waals surface area contributed by atoms with E-state index in [0.717, 1.165) is 8.61 Å². The summed E-state index contributed by atoms with van der Waals surface area (Å²) in [6.45, 7) is 1.18. The third-order valence-corrected chi connectivity index (χ3v) is 11.1. The Bertz CT molecular complexity index is 1710. The second-order valence-corrected chi connectivity index (χ2v) is 14.0. The molecule has 0 spiro atoms.